The van der Waals surface area contributed by atoms with Crippen LogP contribution in [0, 0.1) is 0 Å². The highest BCUT2D eigenvalue weighted by Gasteiger charge is 2.30. The standard InChI is InChI=1S/C23H24N2O5/c1-3-29-19-11-16-10-14(2)30-20(16)12-17(19)13-24-23(28)15-4-6-18(7-5-15)25-21(26)8-9-22(25)27/h4-7,11-12,14H,3,8-10,13H2,1-2H3,(H,24,28)/t14-/m0/s1. The van der Waals surface area contributed by atoms with Crippen LogP contribution in [0.1, 0.15) is 48.2 Å². The first-order chi connectivity index (χ1) is 14.5. The summed E-state index contributed by atoms with van der Waals surface area (Å²) in [5.41, 5.74) is 2.90. The van der Waals surface area contributed by atoms with Crippen molar-refractivity contribution in [3.63, 3.8) is 0 Å². The number of benzene rings is 2. The third-order valence-corrected chi connectivity index (χ3v) is 5.26. The van der Waals surface area contributed by atoms with Gasteiger partial charge < -0.3 is 14.8 Å². The number of anilines is 1. The van der Waals surface area contributed by atoms with E-state index in [0.717, 1.165) is 29.0 Å². The van der Waals surface area contributed by atoms with Gasteiger partial charge in [-0.05, 0) is 50.2 Å². The first kappa shape index (κ1) is 19.9. The van der Waals surface area contributed by atoms with Crippen molar-refractivity contribution in [2.45, 2.75) is 45.8 Å². The third-order valence-electron chi connectivity index (χ3n) is 5.26. The van der Waals surface area contributed by atoms with Crippen LogP contribution in [0.4, 0.5) is 5.69 Å². The van der Waals surface area contributed by atoms with E-state index in [1.165, 1.54) is 4.90 Å². The predicted molar refractivity (Wildman–Crippen MR) is 111 cm³/mol. The molecule has 2 aromatic carbocycles. The number of nitrogens with one attached hydrogen (secondary N) is 1. The Morgan fingerprint density at radius 2 is 1.87 bits per heavy atom. The molecule has 156 valence electrons. The summed E-state index contributed by atoms with van der Waals surface area (Å²) in [4.78, 5) is 37.5. The Morgan fingerprint density at radius 3 is 2.53 bits per heavy atom. The highest BCUT2D eigenvalue weighted by molar-refractivity contribution is 6.19. The van der Waals surface area contributed by atoms with Crippen LogP contribution in [0.3, 0.4) is 0 Å². The van der Waals surface area contributed by atoms with E-state index in [2.05, 4.69) is 5.32 Å². The Bertz CT molecular complexity index is 983. The molecule has 0 aromatic heterocycles. The van der Waals surface area contributed by atoms with E-state index >= 15 is 0 Å². The van der Waals surface area contributed by atoms with Gasteiger partial charge in [0.05, 0.1) is 12.3 Å². The molecule has 0 saturated carbocycles. The van der Waals surface area contributed by atoms with Crippen LogP contribution in [0.25, 0.3) is 0 Å². The maximum atomic E-state index is 12.6. The highest BCUT2D eigenvalue weighted by Crippen LogP contribution is 2.35. The fourth-order valence-corrected chi connectivity index (χ4v) is 3.81. The van der Waals surface area contributed by atoms with Crippen molar-refractivity contribution in [1.29, 1.82) is 0 Å². The summed E-state index contributed by atoms with van der Waals surface area (Å²) in [6.45, 7) is 4.77. The van der Waals surface area contributed by atoms with Gasteiger partial charge >= 0.3 is 0 Å². The molecule has 3 amide bonds. The lowest BCUT2D eigenvalue weighted by Crippen LogP contribution is -2.28. The molecule has 2 aliphatic rings. The lowest BCUT2D eigenvalue weighted by molar-refractivity contribution is -0.121. The molecular weight excluding hydrogens is 384 g/mol. The predicted octanol–water partition coefficient (Wildman–Crippen LogP) is 2.99. The molecule has 4 rings (SSSR count). The van der Waals surface area contributed by atoms with Gasteiger partial charge in [-0.2, -0.15) is 0 Å². The minimum absolute atomic E-state index is 0.132. The van der Waals surface area contributed by atoms with Gasteiger partial charge in [-0.3, -0.25) is 19.3 Å². The molecule has 7 nitrogen and oxygen atoms in total. The summed E-state index contributed by atoms with van der Waals surface area (Å²) >= 11 is 0. The minimum Gasteiger partial charge on any atom is -0.494 e. The molecule has 2 heterocycles. The van der Waals surface area contributed by atoms with Gasteiger partial charge in [0, 0.05) is 42.5 Å². The molecule has 1 N–H and O–H groups in total. The lowest BCUT2D eigenvalue weighted by atomic mass is 10.1. The zero-order valence-corrected chi connectivity index (χ0v) is 17.1. The summed E-state index contributed by atoms with van der Waals surface area (Å²) in [5.74, 6) is 0.899. The second kappa shape index (κ2) is 8.18. The van der Waals surface area contributed by atoms with Crippen LogP contribution in [-0.4, -0.2) is 30.4 Å². The van der Waals surface area contributed by atoms with Gasteiger partial charge in [0.25, 0.3) is 5.91 Å². The van der Waals surface area contributed by atoms with E-state index in [1.54, 1.807) is 24.3 Å². The van der Waals surface area contributed by atoms with E-state index in [9.17, 15) is 14.4 Å². The van der Waals surface area contributed by atoms with Crippen molar-refractivity contribution < 1.29 is 23.9 Å². The summed E-state index contributed by atoms with van der Waals surface area (Å²) in [7, 11) is 0. The average Bonchev–Trinajstić information content (AvgIpc) is 3.26. The number of hydrogen-bond donors (Lipinski definition) is 1. The van der Waals surface area contributed by atoms with Crippen LogP contribution < -0.4 is 19.7 Å². The Morgan fingerprint density at radius 1 is 1.17 bits per heavy atom. The van der Waals surface area contributed by atoms with Gasteiger partial charge in [-0.1, -0.05) is 0 Å². The van der Waals surface area contributed by atoms with E-state index in [-0.39, 0.29) is 36.7 Å². The molecule has 0 unspecified atom stereocenters. The van der Waals surface area contributed by atoms with Crippen LogP contribution in [-0.2, 0) is 22.6 Å². The Kier molecular flexibility index (Phi) is 5.44. The third kappa shape index (κ3) is 3.87. The topological polar surface area (TPSA) is 84.9 Å². The molecule has 0 aliphatic carbocycles. The van der Waals surface area contributed by atoms with E-state index < -0.39 is 0 Å². The van der Waals surface area contributed by atoms with Crippen molar-refractivity contribution in [2.24, 2.45) is 0 Å². The number of rotatable bonds is 6. The lowest BCUT2D eigenvalue weighted by Gasteiger charge is -2.15. The number of amides is 3. The van der Waals surface area contributed by atoms with Gasteiger partial charge in [0.15, 0.2) is 0 Å². The second-order valence-corrected chi connectivity index (χ2v) is 7.49. The largest absolute Gasteiger partial charge is 0.494 e. The SMILES string of the molecule is CCOc1cc2c(cc1CNC(=O)c1ccc(N3C(=O)CCC3=O)cc1)O[C@@H](C)C2. The first-order valence-corrected chi connectivity index (χ1v) is 10.2. The van der Waals surface area contributed by atoms with Crippen LogP contribution in [0.2, 0.25) is 0 Å². The van der Waals surface area contributed by atoms with Crippen molar-refractivity contribution in [3.8, 4) is 11.5 Å². The fraction of sp³-hybridized carbons (Fsp3) is 0.348. The van der Waals surface area contributed by atoms with Crippen molar-refractivity contribution >= 4 is 23.4 Å². The van der Waals surface area contributed by atoms with Gasteiger partial charge in [-0.15, -0.1) is 0 Å². The van der Waals surface area contributed by atoms with Crippen LogP contribution in [0.5, 0.6) is 11.5 Å². The van der Waals surface area contributed by atoms with E-state index in [0.29, 0.717) is 24.4 Å². The summed E-state index contributed by atoms with van der Waals surface area (Å²) < 4.78 is 11.6. The number of nitrogens with zero attached hydrogens (tertiary/aromatic N) is 1. The van der Waals surface area contributed by atoms with Gasteiger partial charge in [0.2, 0.25) is 11.8 Å². The van der Waals surface area contributed by atoms with Crippen molar-refractivity contribution in [2.75, 3.05) is 11.5 Å². The number of carbonyl (C=O) groups excluding carboxylic acids is 3. The average molecular weight is 408 g/mol. The van der Waals surface area contributed by atoms with Gasteiger partial charge in [0.1, 0.15) is 17.6 Å². The number of fused-ring (bicyclic) bond motifs is 1. The number of ether oxygens (including phenoxy) is 2. The molecule has 0 spiro atoms. The Hall–Kier alpha value is -3.35. The molecule has 7 heteroatoms. The molecular formula is C23H24N2O5. The molecule has 2 aromatic rings. The van der Waals surface area contributed by atoms with Crippen LogP contribution in [0.15, 0.2) is 36.4 Å². The normalized spacial score (nSPS) is 17.7. The quantitative estimate of drug-likeness (QED) is 0.743. The maximum absolute atomic E-state index is 12.6. The van der Waals surface area contributed by atoms with Crippen molar-refractivity contribution in [1.82, 2.24) is 5.32 Å². The fourth-order valence-electron chi connectivity index (χ4n) is 3.81. The van der Waals surface area contributed by atoms with E-state index in [4.69, 9.17) is 9.47 Å². The summed E-state index contributed by atoms with van der Waals surface area (Å²) in [6, 6.07) is 10.4. The number of imide groups is 1. The zero-order valence-electron chi connectivity index (χ0n) is 17.1. The van der Waals surface area contributed by atoms with E-state index in [1.807, 2.05) is 26.0 Å². The molecule has 1 atom stereocenters. The molecule has 0 bridgehead atoms. The smallest absolute Gasteiger partial charge is 0.251 e. The maximum Gasteiger partial charge on any atom is 0.251 e. The van der Waals surface area contributed by atoms with Gasteiger partial charge in [-0.25, -0.2) is 0 Å². The first-order valence-electron chi connectivity index (χ1n) is 10.2. The van der Waals surface area contributed by atoms with Crippen molar-refractivity contribution in [3.05, 3.63) is 53.1 Å². The molecule has 2 aliphatic heterocycles. The van der Waals surface area contributed by atoms with Crippen LogP contribution >= 0.6 is 0 Å². The monoisotopic (exact) mass is 408 g/mol. The molecule has 1 saturated heterocycles. The summed E-state index contributed by atoms with van der Waals surface area (Å²) in [5, 5.41) is 2.90. The Labute approximate surface area is 175 Å². The number of carbonyl (C=O) groups is 3. The summed E-state index contributed by atoms with van der Waals surface area (Å²) in [6.07, 6.45) is 1.43. The zero-order chi connectivity index (χ0) is 21.3. The molecule has 0 radical (unpaired) electrons. The minimum atomic E-state index is -0.252. The Balaban J connectivity index is 1.45. The molecule has 1 fully saturated rings. The number of hydrogen-bond acceptors (Lipinski definition) is 5. The molecule has 30 heavy (non-hydrogen) atoms. The highest BCUT2D eigenvalue weighted by atomic mass is 16.5. The second-order valence-electron chi connectivity index (χ2n) is 7.49.